The zero-order valence-electron chi connectivity index (χ0n) is 8.22. The second-order valence-electron chi connectivity index (χ2n) is 4.38. The summed E-state index contributed by atoms with van der Waals surface area (Å²) in [7, 11) is 0. The maximum atomic E-state index is 5.52. The zero-order valence-corrected chi connectivity index (χ0v) is 8.22. The van der Waals surface area contributed by atoms with Gasteiger partial charge in [-0.2, -0.15) is 0 Å². The van der Waals surface area contributed by atoms with Crippen LogP contribution < -0.4 is 0 Å². The Morgan fingerprint density at radius 1 is 1.42 bits per heavy atom. The average molecular weight is 170 g/mol. The summed E-state index contributed by atoms with van der Waals surface area (Å²) in [5.74, 6) is 0. The molecule has 70 valence electrons. The zero-order chi connectivity index (χ0) is 9.19. The van der Waals surface area contributed by atoms with Gasteiger partial charge in [0, 0.05) is 11.8 Å². The third kappa shape index (κ3) is 2.95. The molecule has 0 aromatic carbocycles. The molecule has 1 rings (SSSR count). The molecule has 0 atom stereocenters. The quantitative estimate of drug-likeness (QED) is 0.592. The fourth-order valence-electron chi connectivity index (χ4n) is 1.13. The van der Waals surface area contributed by atoms with E-state index in [0.29, 0.717) is 0 Å². The molecule has 0 saturated carbocycles. The van der Waals surface area contributed by atoms with Crippen molar-refractivity contribution in [3.05, 3.63) is 12.2 Å². The molecule has 0 spiro atoms. The van der Waals surface area contributed by atoms with Gasteiger partial charge in [-0.1, -0.05) is 26.0 Å². The molecule has 1 heterocycles. The predicted octanol–water partition coefficient (Wildman–Crippen LogP) is 2.35. The first-order chi connectivity index (χ1) is 5.49. The van der Waals surface area contributed by atoms with Crippen LogP contribution in [0.1, 0.15) is 27.2 Å². The lowest BCUT2D eigenvalue weighted by molar-refractivity contribution is -0.220. The smallest absolute Gasteiger partial charge is 0.161 e. The molecule has 1 aliphatic rings. The van der Waals surface area contributed by atoms with Crippen LogP contribution in [0.15, 0.2) is 12.2 Å². The van der Waals surface area contributed by atoms with Gasteiger partial charge in [-0.15, -0.1) is 0 Å². The maximum absolute atomic E-state index is 5.52. The van der Waals surface area contributed by atoms with Gasteiger partial charge in [0.25, 0.3) is 0 Å². The molecule has 0 radical (unpaired) electrons. The van der Waals surface area contributed by atoms with E-state index in [9.17, 15) is 0 Å². The van der Waals surface area contributed by atoms with Gasteiger partial charge >= 0.3 is 0 Å². The second kappa shape index (κ2) is 3.58. The third-order valence-corrected chi connectivity index (χ3v) is 1.84. The predicted molar refractivity (Wildman–Crippen MR) is 48.9 cm³/mol. The molecule has 0 bridgehead atoms. The van der Waals surface area contributed by atoms with Crippen molar-refractivity contribution in [2.75, 3.05) is 13.2 Å². The summed E-state index contributed by atoms with van der Waals surface area (Å²) in [6.45, 7) is 11.7. The molecular formula is C10H18O2. The molecular weight excluding hydrogens is 152 g/mol. The van der Waals surface area contributed by atoms with Crippen LogP contribution in [-0.2, 0) is 9.47 Å². The van der Waals surface area contributed by atoms with Crippen molar-refractivity contribution in [1.29, 1.82) is 0 Å². The fraction of sp³-hybridized carbons (Fsp3) is 0.800. The minimum atomic E-state index is -0.0597. The van der Waals surface area contributed by atoms with Crippen molar-refractivity contribution in [1.82, 2.24) is 0 Å². The molecule has 1 fully saturated rings. The summed E-state index contributed by atoms with van der Waals surface area (Å²) in [6.07, 6.45) is 0.756. The fourth-order valence-corrected chi connectivity index (χ4v) is 1.13. The molecule has 2 heteroatoms. The Labute approximate surface area is 74.6 Å². The van der Waals surface area contributed by atoms with Crippen molar-refractivity contribution < 1.29 is 9.47 Å². The Morgan fingerprint density at radius 3 is 2.33 bits per heavy atom. The normalized spacial score (nSPS) is 23.9. The third-order valence-electron chi connectivity index (χ3n) is 1.84. The summed E-state index contributed by atoms with van der Waals surface area (Å²) in [5.41, 5.74) is 1.28. The standard InChI is InChI=1S/C10H18O2/c1-8(2)5-9-11-6-10(3,4)7-12-9/h9H,1,5-7H2,2-4H3. The van der Waals surface area contributed by atoms with Gasteiger partial charge in [-0.25, -0.2) is 0 Å². The monoisotopic (exact) mass is 170 g/mol. The van der Waals surface area contributed by atoms with Crippen LogP contribution in [0.3, 0.4) is 0 Å². The van der Waals surface area contributed by atoms with E-state index >= 15 is 0 Å². The van der Waals surface area contributed by atoms with E-state index in [2.05, 4.69) is 20.4 Å². The average Bonchev–Trinajstić information content (AvgIpc) is 1.93. The SMILES string of the molecule is C=C(C)CC1OCC(C)(C)CO1. The van der Waals surface area contributed by atoms with Crippen molar-refractivity contribution in [2.24, 2.45) is 5.41 Å². The van der Waals surface area contributed by atoms with Gasteiger partial charge in [0.1, 0.15) is 0 Å². The Kier molecular flexibility index (Phi) is 2.91. The Bertz CT molecular complexity index is 163. The highest BCUT2D eigenvalue weighted by atomic mass is 16.7. The van der Waals surface area contributed by atoms with Crippen LogP contribution in [0.4, 0.5) is 0 Å². The maximum Gasteiger partial charge on any atom is 0.161 e. The Hall–Kier alpha value is -0.340. The Morgan fingerprint density at radius 2 is 1.92 bits per heavy atom. The highest BCUT2D eigenvalue weighted by molar-refractivity contribution is 4.89. The van der Waals surface area contributed by atoms with E-state index in [1.54, 1.807) is 0 Å². The number of rotatable bonds is 2. The summed E-state index contributed by atoms with van der Waals surface area (Å²) < 4.78 is 11.0. The Balaban J connectivity index is 2.31. The van der Waals surface area contributed by atoms with Crippen molar-refractivity contribution >= 4 is 0 Å². The topological polar surface area (TPSA) is 18.5 Å². The first-order valence-corrected chi connectivity index (χ1v) is 4.37. The van der Waals surface area contributed by atoms with Crippen LogP contribution in [0.5, 0.6) is 0 Å². The summed E-state index contributed by atoms with van der Waals surface area (Å²) in [4.78, 5) is 0. The molecule has 0 unspecified atom stereocenters. The minimum absolute atomic E-state index is 0.0597. The van der Waals surface area contributed by atoms with E-state index in [0.717, 1.165) is 25.2 Å². The van der Waals surface area contributed by atoms with Crippen LogP contribution in [-0.4, -0.2) is 19.5 Å². The van der Waals surface area contributed by atoms with E-state index in [1.807, 2.05) is 6.92 Å². The van der Waals surface area contributed by atoms with Crippen LogP contribution in [0.25, 0.3) is 0 Å². The van der Waals surface area contributed by atoms with Gasteiger partial charge in [-0.3, -0.25) is 0 Å². The lowest BCUT2D eigenvalue weighted by Crippen LogP contribution is -2.37. The molecule has 0 amide bonds. The van der Waals surface area contributed by atoms with Crippen LogP contribution in [0, 0.1) is 5.41 Å². The number of hydrogen-bond acceptors (Lipinski definition) is 2. The van der Waals surface area contributed by atoms with Gasteiger partial charge in [0.2, 0.25) is 0 Å². The molecule has 1 saturated heterocycles. The van der Waals surface area contributed by atoms with Gasteiger partial charge in [0.15, 0.2) is 6.29 Å². The number of hydrogen-bond donors (Lipinski definition) is 0. The van der Waals surface area contributed by atoms with E-state index < -0.39 is 0 Å². The summed E-state index contributed by atoms with van der Waals surface area (Å²) in [6, 6.07) is 0. The summed E-state index contributed by atoms with van der Waals surface area (Å²) >= 11 is 0. The first-order valence-electron chi connectivity index (χ1n) is 4.37. The lowest BCUT2D eigenvalue weighted by atomic mass is 9.95. The van der Waals surface area contributed by atoms with Crippen molar-refractivity contribution in [3.63, 3.8) is 0 Å². The highest BCUT2D eigenvalue weighted by Gasteiger charge is 2.27. The molecule has 1 aliphatic heterocycles. The number of ether oxygens (including phenoxy) is 2. The minimum Gasteiger partial charge on any atom is -0.352 e. The molecule has 0 aromatic heterocycles. The molecule has 0 N–H and O–H groups in total. The largest absolute Gasteiger partial charge is 0.352 e. The lowest BCUT2D eigenvalue weighted by Gasteiger charge is -2.34. The molecule has 2 nitrogen and oxygen atoms in total. The van der Waals surface area contributed by atoms with Crippen molar-refractivity contribution in [3.8, 4) is 0 Å². The first kappa shape index (κ1) is 9.75. The van der Waals surface area contributed by atoms with Gasteiger partial charge < -0.3 is 9.47 Å². The van der Waals surface area contributed by atoms with Gasteiger partial charge in [0.05, 0.1) is 13.2 Å². The van der Waals surface area contributed by atoms with E-state index in [-0.39, 0.29) is 11.7 Å². The van der Waals surface area contributed by atoms with Gasteiger partial charge in [-0.05, 0) is 6.92 Å². The van der Waals surface area contributed by atoms with E-state index in [1.165, 1.54) is 0 Å². The van der Waals surface area contributed by atoms with Crippen molar-refractivity contribution in [2.45, 2.75) is 33.5 Å². The molecule has 0 aromatic rings. The van der Waals surface area contributed by atoms with Crippen LogP contribution >= 0.6 is 0 Å². The second-order valence-corrected chi connectivity index (χ2v) is 4.38. The highest BCUT2D eigenvalue weighted by Crippen LogP contribution is 2.24. The molecule has 0 aliphatic carbocycles. The van der Waals surface area contributed by atoms with E-state index in [4.69, 9.17) is 9.47 Å². The van der Waals surface area contributed by atoms with Crippen LogP contribution in [0.2, 0.25) is 0 Å². The molecule has 12 heavy (non-hydrogen) atoms. The summed E-state index contributed by atoms with van der Waals surface area (Å²) in [5, 5.41) is 0.